The molecule has 17 heavy (non-hydrogen) atoms. The largest absolute Gasteiger partial charge is 0.295 e. The first-order valence-electron chi connectivity index (χ1n) is 5.75. The molecule has 2 rings (SSSR count). The lowest BCUT2D eigenvalue weighted by atomic mass is 10.2. The van der Waals surface area contributed by atoms with E-state index in [0.717, 1.165) is 18.7 Å². The van der Waals surface area contributed by atoms with Crippen LogP contribution in [-0.4, -0.2) is 17.5 Å². The molecule has 1 aliphatic rings. The maximum Gasteiger partial charge on any atom is 0.141 e. The Morgan fingerprint density at radius 1 is 1.47 bits per heavy atom. The maximum atomic E-state index is 13.0. The Labute approximate surface area is 106 Å². The molecule has 0 atom stereocenters. The normalized spacial score (nSPS) is 14.9. The van der Waals surface area contributed by atoms with Gasteiger partial charge in [-0.05, 0) is 30.5 Å². The quantitative estimate of drug-likeness (QED) is 0.804. The van der Waals surface area contributed by atoms with Crippen LogP contribution in [0.1, 0.15) is 24.8 Å². The Balaban J connectivity index is 2.01. The highest BCUT2D eigenvalue weighted by atomic mass is 35.5. The van der Waals surface area contributed by atoms with Crippen LogP contribution in [0.3, 0.4) is 0 Å². The van der Waals surface area contributed by atoms with Gasteiger partial charge in [0.05, 0.1) is 11.1 Å². The Morgan fingerprint density at radius 3 is 2.82 bits per heavy atom. The Kier molecular flexibility index (Phi) is 3.98. The standard InChI is InChI=1S/C13H14ClFN2/c14-12-8-10(2-5-13(12)15)9-17(7-1-6-16)11-3-4-11/h2,5,8,11H,1,3-4,7,9H2. The average Bonchev–Trinajstić information content (AvgIpc) is 3.13. The Hall–Kier alpha value is -1.11. The van der Waals surface area contributed by atoms with Crippen LogP contribution in [0.25, 0.3) is 0 Å². The lowest BCUT2D eigenvalue weighted by Gasteiger charge is -2.20. The van der Waals surface area contributed by atoms with Crippen molar-refractivity contribution in [2.45, 2.75) is 31.8 Å². The molecule has 1 aromatic carbocycles. The molecule has 1 fully saturated rings. The summed E-state index contributed by atoms with van der Waals surface area (Å²) in [5.41, 5.74) is 1.00. The second-order valence-electron chi connectivity index (χ2n) is 4.36. The number of nitrogens with zero attached hydrogens (tertiary/aromatic N) is 2. The minimum atomic E-state index is -0.384. The topological polar surface area (TPSA) is 27.0 Å². The van der Waals surface area contributed by atoms with Crippen molar-refractivity contribution >= 4 is 11.6 Å². The van der Waals surface area contributed by atoms with Crippen molar-refractivity contribution in [1.29, 1.82) is 5.26 Å². The maximum absolute atomic E-state index is 13.0. The van der Waals surface area contributed by atoms with Crippen molar-refractivity contribution < 1.29 is 4.39 Å². The Morgan fingerprint density at radius 2 is 2.24 bits per heavy atom. The molecule has 0 aliphatic heterocycles. The molecule has 0 N–H and O–H groups in total. The summed E-state index contributed by atoms with van der Waals surface area (Å²) in [5, 5.41) is 8.78. The average molecular weight is 253 g/mol. The highest BCUT2D eigenvalue weighted by Gasteiger charge is 2.28. The minimum Gasteiger partial charge on any atom is -0.295 e. The van der Waals surface area contributed by atoms with E-state index in [-0.39, 0.29) is 10.8 Å². The van der Waals surface area contributed by atoms with Gasteiger partial charge in [0.2, 0.25) is 0 Å². The van der Waals surface area contributed by atoms with E-state index in [1.807, 2.05) is 0 Å². The van der Waals surface area contributed by atoms with Gasteiger partial charge in [0.25, 0.3) is 0 Å². The molecule has 90 valence electrons. The zero-order valence-corrected chi connectivity index (χ0v) is 10.3. The minimum absolute atomic E-state index is 0.165. The number of halogens is 2. The Bertz CT molecular complexity index is 438. The second kappa shape index (κ2) is 5.48. The molecule has 0 saturated heterocycles. The molecule has 4 heteroatoms. The first-order chi connectivity index (χ1) is 8.20. The smallest absolute Gasteiger partial charge is 0.141 e. The molecule has 1 aliphatic carbocycles. The third-order valence-electron chi connectivity index (χ3n) is 2.94. The third kappa shape index (κ3) is 3.42. The molecule has 0 aromatic heterocycles. The molecular weight excluding hydrogens is 239 g/mol. The van der Waals surface area contributed by atoms with Crippen molar-refractivity contribution in [2.75, 3.05) is 6.54 Å². The summed E-state index contributed by atoms with van der Waals surface area (Å²) in [6, 6.07) is 7.56. The fourth-order valence-electron chi connectivity index (χ4n) is 1.90. The van der Waals surface area contributed by atoms with Gasteiger partial charge in [-0.1, -0.05) is 17.7 Å². The third-order valence-corrected chi connectivity index (χ3v) is 3.23. The predicted octanol–water partition coefficient (Wildman–Crippen LogP) is 3.36. The summed E-state index contributed by atoms with van der Waals surface area (Å²) in [7, 11) is 0. The van der Waals surface area contributed by atoms with E-state index in [1.54, 1.807) is 12.1 Å². The van der Waals surface area contributed by atoms with E-state index in [9.17, 15) is 4.39 Å². The lowest BCUT2D eigenvalue weighted by molar-refractivity contribution is 0.261. The van der Waals surface area contributed by atoms with Gasteiger partial charge in [-0.2, -0.15) is 5.26 Å². The van der Waals surface area contributed by atoms with Crippen molar-refractivity contribution in [1.82, 2.24) is 4.90 Å². The van der Waals surface area contributed by atoms with E-state index in [2.05, 4.69) is 11.0 Å². The van der Waals surface area contributed by atoms with Crippen LogP contribution in [-0.2, 0) is 6.54 Å². The molecule has 1 saturated carbocycles. The molecule has 0 heterocycles. The summed E-state index contributed by atoms with van der Waals surface area (Å²) < 4.78 is 13.0. The first-order valence-corrected chi connectivity index (χ1v) is 6.13. The number of hydrogen-bond acceptors (Lipinski definition) is 2. The van der Waals surface area contributed by atoms with Crippen molar-refractivity contribution in [3.63, 3.8) is 0 Å². The molecule has 1 aromatic rings. The number of benzene rings is 1. The van der Waals surface area contributed by atoms with Crippen LogP contribution in [0.4, 0.5) is 4.39 Å². The molecule has 2 nitrogen and oxygen atoms in total. The SMILES string of the molecule is N#CCCN(Cc1ccc(F)c(Cl)c1)C1CC1. The van der Waals surface area contributed by atoms with Crippen molar-refractivity contribution in [3.05, 3.63) is 34.6 Å². The molecule has 0 bridgehead atoms. The molecule has 0 amide bonds. The van der Waals surface area contributed by atoms with E-state index < -0.39 is 0 Å². The highest BCUT2D eigenvalue weighted by Crippen LogP contribution is 2.29. The monoisotopic (exact) mass is 252 g/mol. The number of nitriles is 1. The summed E-state index contributed by atoms with van der Waals surface area (Å²) in [5.74, 6) is -0.384. The van der Waals surface area contributed by atoms with Crippen LogP contribution >= 0.6 is 11.6 Å². The molecule has 0 spiro atoms. The fraction of sp³-hybridized carbons (Fsp3) is 0.462. The van der Waals surface area contributed by atoms with Gasteiger partial charge >= 0.3 is 0 Å². The lowest BCUT2D eigenvalue weighted by Crippen LogP contribution is -2.26. The van der Waals surface area contributed by atoms with Crippen molar-refractivity contribution in [2.24, 2.45) is 0 Å². The van der Waals surface area contributed by atoms with Gasteiger partial charge in [0.15, 0.2) is 0 Å². The fourth-order valence-corrected chi connectivity index (χ4v) is 2.10. The molecule has 0 unspecified atom stereocenters. The van der Waals surface area contributed by atoms with Crippen LogP contribution in [0.5, 0.6) is 0 Å². The van der Waals surface area contributed by atoms with Crippen LogP contribution in [0.15, 0.2) is 18.2 Å². The van der Waals surface area contributed by atoms with E-state index in [1.165, 1.54) is 18.9 Å². The summed E-state index contributed by atoms with van der Waals surface area (Å²) >= 11 is 5.75. The van der Waals surface area contributed by atoms with Gasteiger partial charge in [-0.3, -0.25) is 4.90 Å². The van der Waals surface area contributed by atoms with Gasteiger partial charge < -0.3 is 0 Å². The zero-order valence-electron chi connectivity index (χ0n) is 9.50. The van der Waals surface area contributed by atoms with Crippen LogP contribution in [0, 0.1) is 17.1 Å². The summed E-state index contributed by atoms with van der Waals surface area (Å²) in [6.45, 7) is 1.52. The zero-order chi connectivity index (χ0) is 12.3. The van der Waals surface area contributed by atoms with Gasteiger partial charge in [-0.15, -0.1) is 0 Å². The van der Waals surface area contributed by atoms with Crippen LogP contribution in [0.2, 0.25) is 5.02 Å². The molecule has 0 radical (unpaired) electrons. The van der Waals surface area contributed by atoms with E-state index >= 15 is 0 Å². The van der Waals surface area contributed by atoms with Gasteiger partial charge in [0, 0.05) is 25.6 Å². The number of hydrogen-bond donors (Lipinski definition) is 0. The molecular formula is C13H14ClFN2. The predicted molar refractivity (Wildman–Crippen MR) is 65.1 cm³/mol. The highest BCUT2D eigenvalue weighted by molar-refractivity contribution is 6.30. The van der Waals surface area contributed by atoms with Gasteiger partial charge in [0.1, 0.15) is 5.82 Å². The van der Waals surface area contributed by atoms with E-state index in [4.69, 9.17) is 16.9 Å². The first kappa shape index (κ1) is 12.3. The van der Waals surface area contributed by atoms with Crippen LogP contribution < -0.4 is 0 Å². The second-order valence-corrected chi connectivity index (χ2v) is 4.77. The van der Waals surface area contributed by atoms with Gasteiger partial charge in [-0.25, -0.2) is 4.39 Å². The summed E-state index contributed by atoms with van der Waals surface area (Å²) in [6.07, 6.45) is 2.92. The van der Waals surface area contributed by atoms with E-state index in [0.29, 0.717) is 12.5 Å². The number of rotatable bonds is 5. The summed E-state index contributed by atoms with van der Waals surface area (Å²) in [4.78, 5) is 2.27. The van der Waals surface area contributed by atoms with Crippen molar-refractivity contribution in [3.8, 4) is 6.07 Å².